The molecule has 2 aromatic rings. The van der Waals surface area contributed by atoms with Gasteiger partial charge in [-0.2, -0.15) is 4.31 Å². The van der Waals surface area contributed by atoms with E-state index in [0.29, 0.717) is 12.4 Å². The van der Waals surface area contributed by atoms with Gasteiger partial charge in [0.05, 0.1) is 36.2 Å². The summed E-state index contributed by atoms with van der Waals surface area (Å²) >= 11 is 0. The molecule has 0 amide bonds. The number of aryl methyl sites for hydroxylation is 2. The molecule has 7 nitrogen and oxygen atoms in total. The quantitative estimate of drug-likeness (QED) is 0.852. The van der Waals surface area contributed by atoms with Crippen molar-refractivity contribution in [3.63, 3.8) is 0 Å². The topological polar surface area (TPSA) is 81.0 Å². The lowest BCUT2D eigenvalue weighted by Gasteiger charge is -2.32. The van der Waals surface area contributed by atoms with Gasteiger partial charge in [-0.3, -0.25) is 0 Å². The van der Waals surface area contributed by atoms with Crippen molar-refractivity contribution in [2.24, 2.45) is 7.05 Å². The summed E-state index contributed by atoms with van der Waals surface area (Å²) in [5, 5.41) is 0. The van der Waals surface area contributed by atoms with Gasteiger partial charge < -0.3 is 4.57 Å². The molecule has 3 heterocycles. The maximum atomic E-state index is 12.1. The fourth-order valence-electron chi connectivity index (χ4n) is 3.04. The first-order valence-corrected chi connectivity index (χ1v) is 9.50. The van der Waals surface area contributed by atoms with E-state index in [4.69, 9.17) is 0 Å². The minimum atomic E-state index is -3.28. The van der Waals surface area contributed by atoms with Gasteiger partial charge >= 0.3 is 0 Å². The van der Waals surface area contributed by atoms with Crippen LogP contribution in [0, 0.1) is 6.92 Å². The number of piperidine rings is 1. The molecule has 0 saturated carbocycles. The van der Waals surface area contributed by atoms with E-state index in [2.05, 4.69) is 15.0 Å². The molecular weight excluding hydrogens is 314 g/mol. The molecule has 2 aromatic heterocycles. The van der Waals surface area contributed by atoms with Crippen LogP contribution in [0.15, 0.2) is 18.6 Å². The van der Waals surface area contributed by atoms with Gasteiger partial charge in [-0.15, -0.1) is 0 Å². The third kappa shape index (κ3) is 3.28. The molecule has 1 fully saturated rings. The van der Waals surface area contributed by atoms with Gasteiger partial charge in [-0.1, -0.05) is 6.42 Å². The van der Waals surface area contributed by atoms with Crippen LogP contribution in [0.25, 0.3) is 11.4 Å². The highest BCUT2D eigenvalue weighted by atomic mass is 32.2. The molecule has 1 saturated heterocycles. The second kappa shape index (κ2) is 6.01. The fraction of sp³-hybridized carbons (Fsp3) is 0.533. The monoisotopic (exact) mass is 335 g/mol. The number of aromatic nitrogens is 4. The van der Waals surface area contributed by atoms with E-state index in [0.717, 1.165) is 36.3 Å². The standard InChI is InChI=1S/C15H21N5O2S/c1-11-8-12(14-9-16-10-19(14)2)18-15(17-11)13-6-4-5-7-20(13)23(3,21)22/h8-10,13H,4-7H2,1-3H3/t13-/m0/s1. The molecule has 23 heavy (non-hydrogen) atoms. The number of rotatable bonds is 3. The molecular formula is C15H21N5O2S. The molecule has 0 spiro atoms. The van der Waals surface area contributed by atoms with Crippen molar-refractivity contribution in [2.45, 2.75) is 32.2 Å². The summed E-state index contributed by atoms with van der Waals surface area (Å²) in [4.78, 5) is 13.3. The second-order valence-electron chi connectivity index (χ2n) is 6.03. The van der Waals surface area contributed by atoms with Crippen LogP contribution in [0.5, 0.6) is 0 Å². The van der Waals surface area contributed by atoms with Gasteiger partial charge in [0.15, 0.2) is 0 Å². The largest absolute Gasteiger partial charge is 0.332 e. The number of imidazole rings is 1. The van der Waals surface area contributed by atoms with Crippen LogP contribution < -0.4 is 0 Å². The number of sulfonamides is 1. The summed E-state index contributed by atoms with van der Waals surface area (Å²) in [6.07, 6.45) is 7.33. The average molecular weight is 335 g/mol. The maximum absolute atomic E-state index is 12.1. The summed E-state index contributed by atoms with van der Waals surface area (Å²) in [7, 11) is -1.37. The minimum Gasteiger partial charge on any atom is -0.332 e. The zero-order valence-electron chi connectivity index (χ0n) is 13.6. The third-order valence-electron chi connectivity index (χ3n) is 4.13. The highest BCUT2D eigenvalue weighted by Crippen LogP contribution is 2.32. The van der Waals surface area contributed by atoms with Crippen LogP contribution in [0.2, 0.25) is 0 Å². The SMILES string of the molecule is Cc1cc(-c2cncn2C)nc([C@@H]2CCCCN2S(C)(=O)=O)n1. The van der Waals surface area contributed by atoms with Crippen LogP contribution in [0.1, 0.15) is 36.8 Å². The van der Waals surface area contributed by atoms with Crippen LogP contribution in [-0.4, -0.2) is 45.0 Å². The van der Waals surface area contributed by atoms with Crippen LogP contribution in [-0.2, 0) is 17.1 Å². The lowest BCUT2D eigenvalue weighted by atomic mass is 10.0. The van der Waals surface area contributed by atoms with Crippen molar-refractivity contribution in [3.05, 3.63) is 30.1 Å². The van der Waals surface area contributed by atoms with E-state index < -0.39 is 10.0 Å². The molecule has 1 aliphatic heterocycles. The molecule has 0 aliphatic carbocycles. The van der Waals surface area contributed by atoms with E-state index in [1.54, 1.807) is 12.5 Å². The number of hydrogen-bond donors (Lipinski definition) is 0. The van der Waals surface area contributed by atoms with Crippen molar-refractivity contribution in [2.75, 3.05) is 12.8 Å². The van der Waals surface area contributed by atoms with Crippen molar-refractivity contribution < 1.29 is 8.42 Å². The molecule has 0 N–H and O–H groups in total. The zero-order chi connectivity index (χ0) is 16.6. The van der Waals surface area contributed by atoms with Crippen LogP contribution in [0.3, 0.4) is 0 Å². The Balaban J connectivity index is 2.05. The van der Waals surface area contributed by atoms with Crippen molar-refractivity contribution >= 4 is 10.0 Å². The Morgan fingerprint density at radius 2 is 2.04 bits per heavy atom. The van der Waals surface area contributed by atoms with E-state index in [1.807, 2.05) is 24.6 Å². The molecule has 0 radical (unpaired) electrons. The van der Waals surface area contributed by atoms with E-state index in [-0.39, 0.29) is 6.04 Å². The Labute approximate surface area is 136 Å². The van der Waals surface area contributed by atoms with Gasteiger partial charge in [-0.05, 0) is 25.8 Å². The van der Waals surface area contributed by atoms with Gasteiger partial charge in [0.25, 0.3) is 0 Å². The maximum Gasteiger partial charge on any atom is 0.211 e. The Morgan fingerprint density at radius 3 is 2.70 bits per heavy atom. The molecule has 0 unspecified atom stereocenters. The summed E-state index contributed by atoms with van der Waals surface area (Å²) < 4.78 is 27.6. The third-order valence-corrected chi connectivity index (χ3v) is 5.42. The molecule has 124 valence electrons. The van der Waals surface area contributed by atoms with Crippen LogP contribution >= 0.6 is 0 Å². The summed E-state index contributed by atoms with van der Waals surface area (Å²) in [6.45, 7) is 2.43. The van der Waals surface area contributed by atoms with E-state index in [9.17, 15) is 8.42 Å². The Kier molecular flexibility index (Phi) is 4.20. The molecule has 0 aromatic carbocycles. The molecule has 3 rings (SSSR count). The Morgan fingerprint density at radius 1 is 1.26 bits per heavy atom. The molecule has 1 atom stereocenters. The summed E-state index contributed by atoms with van der Waals surface area (Å²) in [6, 6.07) is 1.61. The first-order valence-electron chi connectivity index (χ1n) is 7.65. The predicted octanol–water partition coefficient (Wildman–Crippen LogP) is 1.67. The highest BCUT2D eigenvalue weighted by Gasteiger charge is 2.32. The van der Waals surface area contributed by atoms with E-state index >= 15 is 0 Å². The van der Waals surface area contributed by atoms with Crippen LogP contribution in [0.4, 0.5) is 0 Å². The first kappa shape index (κ1) is 16.1. The van der Waals surface area contributed by atoms with Crippen molar-refractivity contribution in [1.82, 2.24) is 23.8 Å². The van der Waals surface area contributed by atoms with Crippen molar-refractivity contribution in [3.8, 4) is 11.4 Å². The van der Waals surface area contributed by atoms with Gasteiger partial charge in [0, 0.05) is 19.3 Å². The Bertz CT molecular complexity index is 815. The van der Waals surface area contributed by atoms with Gasteiger partial charge in [0.2, 0.25) is 10.0 Å². The Hall–Kier alpha value is -1.80. The van der Waals surface area contributed by atoms with Gasteiger partial charge in [-0.25, -0.2) is 23.4 Å². The van der Waals surface area contributed by atoms with Gasteiger partial charge in [0.1, 0.15) is 5.82 Å². The minimum absolute atomic E-state index is 0.286. The van der Waals surface area contributed by atoms with Crippen molar-refractivity contribution in [1.29, 1.82) is 0 Å². The normalized spacial score (nSPS) is 19.9. The molecule has 8 heteroatoms. The summed E-state index contributed by atoms with van der Waals surface area (Å²) in [5.74, 6) is 0.575. The fourth-order valence-corrected chi connectivity index (χ4v) is 4.16. The highest BCUT2D eigenvalue weighted by molar-refractivity contribution is 7.88. The molecule has 0 bridgehead atoms. The summed E-state index contributed by atoms with van der Waals surface area (Å²) in [5.41, 5.74) is 2.48. The lowest BCUT2D eigenvalue weighted by molar-refractivity contribution is 0.248. The second-order valence-corrected chi connectivity index (χ2v) is 7.96. The first-order chi connectivity index (χ1) is 10.9. The average Bonchev–Trinajstić information content (AvgIpc) is 2.92. The predicted molar refractivity (Wildman–Crippen MR) is 87.1 cm³/mol. The zero-order valence-corrected chi connectivity index (χ0v) is 14.4. The smallest absolute Gasteiger partial charge is 0.211 e. The van der Waals surface area contributed by atoms with E-state index in [1.165, 1.54) is 10.6 Å². The lowest BCUT2D eigenvalue weighted by Crippen LogP contribution is -2.38. The molecule has 1 aliphatic rings. The number of hydrogen-bond acceptors (Lipinski definition) is 5. The number of nitrogens with zero attached hydrogens (tertiary/aromatic N) is 5.